The van der Waals surface area contributed by atoms with E-state index in [4.69, 9.17) is 12.2 Å². The quantitative estimate of drug-likeness (QED) is 0.399. The Morgan fingerprint density at radius 2 is 2.40 bits per heavy atom. The van der Waals surface area contributed by atoms with Crippen LogP contribution in [0.4, 0.5) is 0 Å². The van der Waals surface area contributed by atoms with E-state index in [2.05, 4.69) is 5.92 Å². The van der Waals surface area contributed by atoms with Crippen LogP contribution in [-0.4, -0.2) is 0 Å². The van der Waals surface area contributed by atoms with Crippen LogP contribution in [0.1, 0.15) is 0 Å². The van der Waals surface area contributed by atoms with Crippen molar-refractivity contribution in [3.8, 4) is 12.3 Å². The molecule has 26 valence electrons. The number of hydrogen-bond acceptors (Lipinski definition) is 1. The third-order valence-electron chi connectivity index (χ3n) is 0.192. The van der Waals surface area contributed by atoms with E-state index in [1.54, 1.807) is 0 Å². The SMILES string of the molecule is C#CC=CN. The Balaban J connectivity index is 3.04. The molecule has 0 aliphatic rings. The summed E-state index contributed by atoms with van der Waals surface area (Å²) in [5, 5.41) is 0. The molecule has 0 unspecified atom stereocenters. The van der Waals surface area contributed by atoms with Gasteiger partial charge in [0.1, 0.15) is 0 Å². The Kier molecular flexibility index (Phi) is 2.54. The van der Waals surface area contributed by atoms with Crippen LogP contribution in [0.3, 0.4) is 0 Å². The molecule has 0 heterocycles. The molecule has 1 nitrogen and oxygen atoms in total. The molecule has 0 amide bonds. The molecule has 1 heteroatoms. The molecule has 0 aromatic carbocycles. The fourth-order valence-corrected chi connectivity index (χ4v) is 0.0556. The van der Waals surface area contributed by atoms with E-state index in [1.165, 1.54) is 12.3 Å². The summed E-state index contributed by atoms with van der Waals surface area (Å²) in [5.41, 5.74) is 4.82. The molecule has 0 radical (unpaired) electrons. The maximum atomic E-state index is 4.82. The molecule has 0 saturated carbocycles. The van der Waals surface area contributed by atoms with Crippen molar-refractivity contribution in [3.05, 3.63) is 12.3 Å². The van der Waals surface area contributed by atoms with Gasteiger partial charge in [0.15, 0.2) is 0 Å². The molecule has 2 N–H and O–H groups in total. The van der Waals surface area contributed by atoms with Gasteiger partial charge in [0.05, 0.1) is 0 Å². The number of nitrogens with two attached hydrogens (primary N) is 1. The maximum Gasteiger partial charge on any atom is 0.00335 e. The van der Waals surface area contributed by atoms with Gasteiger partial charge in [-0.25, -0.2) is 0 Å². The van der Waals surface area contributed by atoms with Gasteiger partial charge in [-0.05, 0) is 0 Å². The molecule has 0 atom stereocenters. The van der Waals surface area contributed by atoms with Gasteiger partial charge in [-0.2, -0.15) is 0 Å². The Bertz CT molecular complexity index is 66.2. The second-order valence-electron chi connectivity index (χ2n) is 0.526. The molecule has 0 rings (SSSR count). The lowest BCUT2D eigenvalue weighted by Gasteiger charge is -1.55. The lowest BCUT2D eigenvalue weighted by atomic mass is 10.6. The Hall–Kier alpha value is -0.900. The van der Waals surface area contributed by atoms with Gasteiger partial charge in [-0.1, -0.05) is 5.92 Å². The largest absolute Gasteiger partial charge is 0.404 e. The highest BCUT2D eigenvalue weighted by molar-refractivity contribution is 5.06. The van der Waals surface area contributed by atoms with E-state index in [-0.39, 0.29) is 0 Å². The van der Waals surface area contributed by atoms with Crippen molar-refractivity contribution < 1.29 is 0 Å². The monoisotopic (exact) mass is 67.0 g/mol. The Morgan fingerprint density at radius 3 is 2.40 bits per heavy atom. The van der Waals surface area contributed by atoms with E-state index < -0.39 is 0 Å². The summed E-state index contributed by atoms with van der Waals surface area (Å²) in [6, 6.07) is 0. The third-order valence-corrected chi connectivity index (χ3v) is 0.192. The topological polar surface area (TPSA) is 26.0 Å². The normalized spacial score (nSPS) is 7.80. The number of rotatable bonds is 0. The van der Waals surface area contributed by atoms with Crippen LogP contribution in [-0.2, 0) is 0 Å². The first kappa shape index (κ1) is 4.10. The van der Waals surface area contributed by atoms with E-state index in [1.807, 2.05) is 0 Å². The third kappa shape index (κ3) is 3.10. The van der Waals surface area contributed by atoms with Crippen LogP contribution >= 0.6 is 0 Å². The van der Waals surface area contributed by atoms with Gasteiger partial charge in [0.2, 0.25) is 0 Å². The highest BCUT2D eigenvalue weighted by Crippen LogP contribution is 1.49. The fourth-order valence-electron chi connectivity index (χ4n) is 0.0556. The van der Waals surface area contributed by atoms with Gasteiger partial charge in [0, 0.05) is 12.3 Å². The molecular formula is C4H5N. The molecule has 0 saturated heterocycles. The van der Waals surface area contributed by atoms with Crippen molar-refractivity contribution in [2.75, 3.05) is 0 Å². The van der Waals surface area contributed by atoms with Crippen LogP contribution in [0.2, 0.25) is 0 Å². The average Bonchev–Trinajstić information content (AvgIpc) is 1.41. The number of hydrogen-bond donors (Lipinski definition) is 1. The summed E-state index contributed by atoms with van der Waals surface area (Å²) < 4.78 is 0. The van der Waals surface area contributed by atoms with Crippen LogP contribution in [0.25, 0.3) is 0 Å². The Morgan fingerprint density at radius 1 is 1.80 bits per heavy atom. The zero-order chi connectivity index (χ0) is 4.12. The minimum Gasteiger partial charge on any atom is -0.404 e. The van der Waals surface area contributed by atoms with Crippen molar-refractivity contribution >= 4 is 0 Å². The number of allylic oxidation sites excluding steroid dienone is 1. The van der Waals surface area contributed by atoms with Gasteiger partial charge < -0.3 is 5.73 Å². The maximum absolute atomic E-state index is 4.82. The minimum atomic E-state index is 1.32. The molecule has 0 bridgehead atoms. The summed E-state index contributed by atoms with van der Waals surface area (Å²) in [6.07, 6.45) is 7.47. The van der Waals surface area contributed by atoms with Crippen LogP contribution < -0.4 is 5.73 Å². The summed E-state index contributed by atoms with van der Waals surface area (Å²) in [6.45, 7) is 0. The first-order valence-electron chi connectivity index (χ1n) is 1.24. The molecular weight excluding hydrogens is 62.1 g/mol. The lowest BCUT2D eigenvalue weighted by Crippen LogP contribution is -1.71. The smallest absolute Gasteiger partial charge is 0.00335 e. The first-order chi connectivity index (χ1) is 2.41. The van der Waals surface area contributed by atoms with Crippen molar-refractivity contribution in [2.45, 2.75) is 0 Å². The van der Waals surface area contributed by atoms with Crippen molar-refractivity contribution in [1.82, 2.24) is 0 Å². The fraction of sp³-hybridized carbons (Fsp3) is 0. The summed E-state index contributed by atoms with van der Waals surface area (Å²) >= 11 is 0. The van der Waals surface area contributed by atoms with Gasteiger partial charge in [-0.3, -0.25) is 0 Å². The molecule has 0 aromatic rings. The highest BCUT2D eigenvalue weighted by Gasteiger charge is 1.40. The standard InChI is InChI=1S/C4H5N/c1-2-3-4-5/h1,3-4H,5H2. The predicted octanol–water partition coefficient (Wildman–Crippen LogP) is 0.0920. The molecule has 0 aromatic heterocycles. The van der Waals surface area contributed by atoms with Crippen molar-refractivity contribution in [2.24, 2.45) is 5.73 Å². The number of terminal acetylenes is 1. The minimum absolute atomic E-state index is 1.32. The highest BCUT2D eigenvalue weighted by atomic mass is 14.5. The van der Waals surface area contributed by atoms with Crippen LogP contribution in [0.5, 0.6) is 0 Å². The second-order valence-corrected chi connectivity index (χ2v) is 0.526. The summed E-state index contributed by atoms with van der Waals surface area (Å²) in [5.74, 6) is 2.21. The van der Waals surface area contributed by atoms with Gasteiger partial charge >= 0.3 is 0 Å². The van der Waals surface area contributed by atoms with E-state index in [9.17, 15) is 0 Å². The molecule has 0 aliphatic heterocycles. The second kappa shape index (κ2) is 3.10. The molecule has 5 heavy (non-hydrogen) atoms. The zero-order valence-electron chi connectivity index (χ0n) is 2.81. The molecule has 0 fully saturated rings. The first-order valence-corrected chi connectivity index (χ1v) is 1.24. The predicted molar refractivity (Wildman–Crippen MR) is 22.2 cm³/mol. The van der Waals surface area contributed by atoms with Gasteiger partial charge in [0.25, 0.3) is 0 Å². The van der Waals surface area contributed by atoms with Crippen LogP contribution in [0.15, 0.2) is 12.3 Å². The van der Waals surface area contributed by atoms with Crippen LogP contribution in [0, 0.1) is 12.3 Å². The Labute approximate surface area is 31.5 Å². The average molecular weight is 67.1 g/mol. The lowest BCUT2D eigenvalue weighted by molar-refractivity contribution is 1.62. The van der Waals surface area contributed by atoms with Crippen molar-refractivity contribution in [1.29, 1.82) is 0 Å². The van der Waals surface area contributed by atoms with Crippen molar-refractivity contribution in [3.63, 3.8) is 0 Å². The summed E-state index contributed by atoms with van der Waals surface area (Å²) in [4.78, 5) is 0. The summed E-state index contributed by atoms with van der Waals surface area (Å²) in [7, 11) is 0. The van der Waals surface area contributed by atoms with Gasteiger partial charge in [-0.15, -0.1) is 6.42 Å². The van der Waals surface area contributed by atoms with E-state index in [0.717, 1.165) is 0 Å². The van der Waals surface area contributed by atoms with E-state index >= 15 is 0 Å². The molecule has 0 spiro atoms. The molecule has 0 aliphatic carbocycles. The zero-order valence-corrected chi connectivity index (χ0v) is 2.81. The van der Waals surface area contributed by atoms with E-state index in [0.29, 0.717) is 0 Å².